The highest BCUT2D eigenvalue weighted by molar-refractivity contribution is 5.49. The third-order valence-corrected chi connectivity index (χ3v) is 4.38. The molecule has 134 valence electrons. The van der Waals surface area contributed by atoms with Gasteiger partial charge in [0.2, 0.25) is 0 Å². The van der Waals surface area contributed by atoms with E-state index >= 15 is 0 Å². The number of ether oxygens (including phenoxy) is 1. The van der Waals surface area contributed by atoms with Crippen molar-refractivity contribution in [3.05, 3.63) is 17.6 Å². The fourth-order valence-corrected chi connectivity index (χ4v) is 2.94. The number of aromatic nitrogens is 4. The van der Waals surface area contributed by atoms with Crippen LogP contribution < -0.4 is 5.73 Å². The van der Waals surface area contributed by atoms with E-state index in [2.05, 4.69) is 22.0 Å². The first-order valence-electron chi connectivity index (χ1n) is 9.26. The molecule has 0 aliphatic rings. The summed E-state index contributed by atoms with van der Waals surface area (Å²) in [6.45, 7) is 5.86. The second-order valence-electron chi connectivity index (χ2n) is 6.37. The van der Waals surface area contributed by atoms with Gasteiger partial charge in [0.05, 0.1) is 0 Å². The number of hydrogen-bond donors (Lipinski definition) is 1. The summed E-state index contributed by atoms with van der Waals surface area (Å²) < 4.78 is 7.34. The lowest BCUT2D eigenvalue weighted by atomic mass is 10.1. The number of unbranched alkanes of at least 4 members (excludes halogenated alkanes) is 6. The van der Waals surface area contributed by atoms with E-state index in [1.165, 1.54) is 51.3 Å². The van der Waals surface area contributed by atoms with E-state index in [-0.39, 0.29) is 0 Å². The quantitative estimate of drug-likeness (QED) is 0.599. The van der Waals surface area contributed by atoms with Crippen LogP contribution in [0.1, 0.15) is 69.5 Å². The Bertz CT molecular complexity index is 611. The Kier molecular flexibility index (Phi) is 7.95. The zero-order valence-electron chi connectivity index (χ0n) is 15.1. The molecule has 2 rings (SSSR count). The average molecular weight is 333 g/mol. The van der Waals surface area contributed by atoms with Gasteiger partial charge in [0.25, 0.3) is 5.78 Å². The van der Waals surface area contributed by atoms with Gasteiger partial charge in [-0.3, -0.25) is 0 Å². The van der Waals surface area contributed by atoms with Crippen LogP contribution >= 0.6 is 0 Å². The molecule has 0 bridgehead atoms. The summed E-state index contributed by atoms with van der Waals surface area (Å²) in [6, 6.07) is 0. The molecule has 2 aromatic heterocycles. The smallest absolute Gasteiger partial charge is 0.254 e. The maximum Gasteiger partial charge on any atom is 0.254 e. The van der Waals surface area contributed by atoms with E-state index in [0.29, 0.717) is 11.6 Å². The molecule has 6 heteroatoms. The predicted octanol–water partition coefficient (Wildman–Crippen LogP) is 3.71. The Morgan fingerprint density at radius 2 is 1.75 bits per heavy atom. The fraction of sp³-hybridized carbons (Fsp3) is 0.722. The van der Waals surface area contributed by atoms with Gasteiger partial charge in [-0.15, -0.1) is 0 Å². The van der Waals surface area contributed by atoms with Crippen molar-refractivity contribution in [2.45, 2.75) is 71.6 Å². The molecule has 0 aliphatic heterocycles. The molecule has 0 radical (unpaired) electrons. The molecule has 0 atom stereocenters. The predicted molar refractivity (Wildman–Crippen MR) is 97.1 cm³/mol. The molecule has 0 saturated heterocycles. The molecule has 0 aliphatic carbocycles. The number of hydrogen-bond acceptors (Lipinski definition) is 5. The lowest BCUT2D eigenvalue weighted by molar-refractivity contribution is 0.127. The van der Waals surface area contributed by atoms with Gasteiger partial charge in [-0.05, 0) is 26.2 Å². The first-order valence-corrected chi connectivity index (χ1v) is 9.26. The highest BCUT2D eigenvalue weighted by Crippen LogP contribution is 2.17. The highest BCUT2D eigenvalue weighted by atomic mass is 16.5. The molecular weight excluding hydrogens is 302 g/mol. The zero-order valence-corrected chi connectivity index (χ0v) is 15.1. The molecule has 2 N–H and O–H groups in total. The molecule has 0 saturated carbocycles. The normalized spacial score (nSPS) is 11.4. The topological polar surface area (TPSA) is 78.3 Å². The molecule has 0 aromatic carbocycles. The Hall–Kier alpha value is -1.69. The minimum atomic E-state index is 0.559. The summed E-state index contributed by atoms with van der Waals surface area (Å²) in [7, 11) is 0. The molecule has 2 aromatic rings. The monoisotopic (exact) mass is 333 g/mol. The summed E-state index contributed by atoms with van der Waals surface area (Å²) in [5, 5.41) is 4.11. The Balaban J connectivity index is 1.60. The first kappa shape index (κ1) is 18.6. The van der Waals surface area contributed by atoms with Gasteiger partial charge in [0, 0.05) is 24.5 Å². The van der Waals surface area contributed by atoms with Crippen LogP contribution in [0.4, 0.5) is 5.82 Å². The van der Waals surface area contributed by atoms with Gasteiger partial charge in [-0.1, -0.05) is 45.4 Å². The lowest BCUT2D eigenvalue weighted by Gasteiger charge is -2.10. The number of anilines is 1. The van der Waals surface area contributed by atoms with E-state index in [0.717, 1.165) is 37.3 Å². The van der Waals surface area contributed by atoms with Crippen LogP contribution in [0.3, 0.4) is 0 Å². The third-order valence-electron chi connectivity index (χ3n) is 4.38. The van der Waals surface area contributed by atoms with Crippen LogP contribution in [0.15, 0.2) is 6.33 Å². The molecule has 2 heterocycles. The van der Waals surface area contributed by atoms with Gasteiger partial charge in [-0.25, -0.2) is 4.98 Å². The van der Waals surface area contributed by atoms with Crippen molar-refractivity contribution in [2.75, 3.05) is 18.9 Å². The van der Waals surface area contributed by atoms with Crippen molar-refractivity contribution in [1.82, 2.24) is 19.6 Å². The number of nitrogens with two attached hydrogens (primary N) is 1. The molecule has 24 heavy (non-hydrogen) atoms. The lowest BCUT2D eigenvalue weighted by Crippen LogP contribution is -2.09. The maximum absolute atomic E-state index is 6.17. The largest absolute Gasteiger partial charge is 0.383 e. The van der Waals surface area contributed by atoms with Crippen molar-refractivity contribution >= 4 is 11.6 Å². The van der Waals surface area contributed by atoms with E-state index < -0.39 is 0 Å². The molecule has 0 spiro atoms. The maximum atomic E-state index is 6.17. The Morgan fingerprint density at radius 1 is 1.04 bits per heavy atom. The molecule has 6 nitrogen and oxygen atoms in total. The van der Waals surface area contributed by atoms with E-state index in [1.54, 1.807) is 4.52 Å². The SMILES string of the molecule is CCCCCCCCCOCCCc1c(C)nc2ncnn2c1N. The summed E-state index contributed by atoms with van der Waals surface area (Å²) in [6.07, 6.45) is 12.5. The van der Waals surface area contributed by atoms with Gasteiger partial charge in [-0.2, -0.15) is 14.6 Å². The standard InChI is InChI=1S/C18H31N5O/c1-3-4-5-6-7-8-9-12-24-13-10-11-16-15(2)22-18-20-14-21-23(18)17(16)19/h14H,3-13,19H2,1-2H3. The van der Waals surface area contributed by atoms with Crippen LogP contribution in [0, 0.1) is 6.92 Å². The summed E-state index contributed by atoms with van der Waals surface area (Å²) >= 11 is 0. The van der Waals surface area contributed by atoms with Crippen LogP contribution in [0.5, 0.6) is 0 Å². The van der Waals surface area contributed by atoms with Crippen LogP contribution in [0.2, 0.25) is 0 Å². The van der Waals surface area contributed by atoms with Gasteiger partial charge >= 0.3 is 0 Å². The van der Waals surface area contributed by atoms with Crippen molar-refractivity contribution < 1.29 is 4.74 Å². The van der Waals surface area contributed by atoms with Gasteiger partial charge < -0.3 is 10.5 Å². The molecule has 0 fully saturated rings. The first-order chi connectivity index (χ1) is 11.7. The molecule has 0 amide bonds. The summed E-state index contributed by atoms with van der Waals surface area (Å²) in [4.78, 5) is 8.51. The van der Waals surface area contributed by atoms with E-state index in [9.17, 15) is 0 Å². The van der Waals surface area contributed by atoms with E-state index in [1.807, 2.05) is 6.92 Å². The van der Waals surface area contributed by atoms with Crippen LogP contribution in [0.25, 0.3) is 5.78 Å². The number of fused-ring (bicyclic) bond motifs is 1. The minimum Gasteiger partial charge on any atom is -0.383 e. The Labute approximate surface area is 144 Å². The second-order valence-corrected chi connectivity index (χ2v) is 6.37. The van der Waals surface area contributed by atoms with Crippen molar-refractivity contribution in [3.63, 3.8) is 0 Å². The zero-order chi connectivity index (χ0) is 17.2. The number of nitrogens with zero attached hydrogens (tertiary/aromatic N) is 4. The highest BCUT2D eigenvalue weighted by Gasteiger charge is 2.11. The van der Waals surface area contributed by atoms with E-state index in [4.69, 9.17) is 10.5 Å². The number of aryl methyl sites for hydroxylation is 1. The van der Waals surface area contributed by atoms with Gasteiger partial charge in [0.1, 0.15) is 12.1 Å². The summed E-state index contributed by atoms with van der Waals surface area (Å²) in [5.74, 6) is 1.20. The van der Waals surface area contributed by atoms with Crippen molar-refractivity contribution in [3.8, 4) is 0 Å². The van der Waals surface area contributed by atoms with Crippen molar-refractivity contribution in [2.24, 2.45) is 0 Å². The van der Waals surface area contributed by atoms with Crippen LogP contribution in [-0.4, -0.2) is 32.8 Å². The molecule has 0 unspecified atom stereocenters. The van der Waals surface area contributed by atoms with Crippen molar-refractivity contribution in [1.29, 1.82) is 0 Å². The van der Waals surface area contributed by atoms with Gasteiger partial charge in [0.15, 0.2) is 0 Å². The minimum absolute atomic E-state index is 0.559. The van der Waals surface area contributed by atoms with Crippen LogP contribution in [-0.2, 0) is 11.2 Å². The average Bonchev–Trinajstić information content (AvgIpc) is 3.03. The fourth-order valence-electron chi connectivity index (χ4n) is 2.94. The molecular formula is C18H31N5O. The Morgan fingerprint density at radius 3 is 2.54 bits per heavy atom. The third kappa shape index (κ3) is 5.44. The number of rotatable bonds is 12. The summed E-state index contributed by atoms with van der Waals surface area (Å²) in [5.41, 5.74) is 8.15. The second kappa shape index (κ2) is 10.2. The number of nitrogen functional groups attached to an aromatic ring is 1.